The molecule has 0 unspecified atom stereocenters. The maximum Gasteiger partial charge on any atom is 0.341 e. The number of nitrogens with zero attached hydrogens (tertiary/aromatic N) is 1. The fourth-order valence-corrected chi connectivity index (χ4v) is 2.41. The van der Waals surface area contributed by atoms with Crippen molar-refractivity contribution in [1.82, 2.24) is 4.57 Å². The van der Waals surface area contributed by atoms with E-state index in [1.165, 1.54) is 4.57 Å². The van der Waals surface area contributed by atoms with Crippen LogP contribution in [-0.2, 0) is 7.05 Å². The van der Waals surface area contributed by atoms with Gasteiger partial charge >= 0.3 is 5.97 Å². The molecule has 0 atom stereocenters. The molecule has 0 spiro atoms. The molecule has 0 saturated carbocycles. The monoisotopic (exact) mass is 261 g/mol. The third-order valence-electron chi connectivity index (χ3n) is 3.36. The van der Waals surface area contributed by atoms with Gasteiger partial charge in [0.1, 0.15) is 11.3 Å². The quantitative estimate of drug-likeness (QED) is 0.896. The Balaban J connectivity index is 3.07. The van der Waals surface area contributed by atoms with Crippen LogP contribution in [0.15, 0.2) is 16.9 Å². The van der Waals surface area contributed by atoms with Crippen molar-refractivity contribution in [3.8, 4) is 5.75 Å². The Kier molecular flexibility index (Phi) is 3.06. The fourth-order valence-electron chi connectivity index (χ4n) is 2.41. The summed E-state index contributed by atoms with van der Waals surface area (Å²) in [5.41, 5.74) is 1.38. The summed E-state index contributed by atoms with van der Waals surface area (Å²) in [6.45, 7) is 3.51. The van der Waals surface area contributed by atoms with Gasteiger partial charge in [0.25, 0.3) is 5.56 Å². The van der Waals surface area contributed by atoms with Crippen LogP contribution in [0.3, 0.4) is 0 Å². The molecule has 1 N–H and O–H groups in total. The molecule has 0 amide bonds. The molecule has 0 aliphatic carbocycles. The highest BCUT2D eigenvalue weighted by Gasteiger charge is 2.19. The molecule has 1 aromatic heterocycles. The van der Waals surface area contributed by atoms with E-state index >= 15 is 0 Å². The van der Waals surface area contributed by atoms with Crippen molar-refractivity contribution in [2.75, 3.05) is 7.11 Å². The summed E-state index contributed by atoms with van der Waals surface area (Å²) in [4.78, 5) is 23.3. The summed E-state index contributed by atoms with van der Waals surface area (Å²) in [7, 11) is 3.13. The Labute approximate surface area is 110 Å². The van der Waals surface area contributed by atoms with E-state index in [0.29, 0.717) is 11.3 Å². The number of aromatic carboxylic acids is 1. The SMILES string of the molecule is COc1cc(C)c2c(c1)c(C)c(C(=O)O)c(=O)n2C. The van der Waals surface area contributed by atoms with Crippen molar-refractivity contribution < 1.29 is 14.6 Å². The molecule has 2 rings (SSSR count). The van der Waals surface area contributed by atoms with Crippen LogP contribution in [-0.4, -0.2) is 22.8 Å². The van der Waals surface area contributed by atoms with E-state index in [9.17, 15) is 14.7 Å². The number of hydrogen-bond donors (Lipinski definition) is 1. The van der Waals surface area contributed by atoms with Gasteiger partial charge in [-0.05, 0) is 37.1 Å². The summed E-state index contributed by atoms with van der Waals surface area (Å²) in [6.07, 6.45) is 0. The second-order valence-corrected chi connectivity index (χ2v) is 4.51. The molecule has 19 heavy (non-hydrogen) atoms. The van der Waals surface area contributed by atoms with Crippen molar-refractivity contribution in [3.05, 3.63) is 39.2 Å². The molecule has 2 aromatic rings. The molecular formula is C14H15NO4. The molecule has 0 aliphatic rings. The fraction of sp³-hybridized carbons (Fsp3) is 0.286. The lowest BCUT2D eigenvalue weighted by Crippen LogP contribution is -2.26. The third kappa shape index (κ3) is 1.87. The Hall–Kier alpha value is -2.30. The average molecular weight is 261 g/mol. The molecule has 0 saturated heterocycles. The Morgan fingerprint density at radius 1 is 1.32 bits per heavy atom. The Morgan fingerprint density at radius 3 is 2.47 bits per heavy atom. The minimum atomic E-state index is -1.21. The number of carboxylic acid groups (broad SMARTS) is 1. The summed E-state index contributed by atoms with van der Waals surface area (Å²) >= 11 is 0. The number of pyridine rings is 1. The van der Waals surface area contributed by atoms with Gasteiger partial charge in [-0.25, -0.2) is 4.79 Å². The van der Waals surface area contributed by atoms with Gasteiger partial charge in [-0.3, -0.25) is 4.79 Å². The number of carboxylic acids is 1. The number of rotatable bonds is 2. The first-order valence-electron chi connectivity index (χ1n) is 5.79. The van der Waals surface area contributed by atoms with Crippen LogP contribution in [0.4, 0.5) is 0 Å². The Morgan fingerprint density at radius 2 is 1.95 bits per heavy atom. The molecule has 0 bridgehead atoms. The smallest absolute Gasteiger partial charge is 0.341 e. The van der Waals surface area contributed by atoms with Crippen LogP contribution in [0.1, 0.15) is 21.5 Å². The number of fused-ring (bicyclic) bond motifs is 1. The predicted octanol–water partition coefficient (Wildman–Crippen LogP) is 1.86. The van der Waals surface area contributed by atoms with Gasteiger partial charge < -0.3 is 14.4 Å². The standard InChI is InChI=1S/C14H15NO4/c1-7-5-9(19-4)6-10-8(2)11(14(17)18)13(16)15(3)12(7)10/h5-6H,1-4H3,(H,17,18). The first-order valence-corrected chi connectivity index (χ1v) is 5.79. The number of aromatic nitrogens is 1. The second kappa shape index (κ2) is 4.42. The summed E-state index contributed by atoms with van der Waals surface area (Å²) in [5.74, 6) is -0.566. The minimum absolute atomic E-state index is 0.192. The Bertz CT molecular complexity index is 743. The number of hydrogen-bond acceptors (Lipinski definition) is 3. The van der Waals surface area contributed by atoms with Gasteiger partial charge in [-0.15, -0.1) is 0 Å². The predicted molar refractivity (Wildman–Crippen MR) is 72.2 cm³/mol. The van der Waals surface area contributed by atoms with E-state index in [4.69, 9.17) is 4.74 Å². The van der Waals surface area contributed by atoms with Crippen LogP contribution in [0.2, 0.25) is 0 Å². The average Bonchev–Trinajstić information content (AvgIpc) is 2.35. The van der Waals surface area contributed by atoms with E-state index < -0.39 is 11.5 Å². The van der Waals surface area contributed by atoms with E-state index in [2.05, 4.69) is 0 Å². The van der Waals surface area contributed by atoms with Crippen molar-refractivity contribution in [2.24, 2.45) is 7.05 Å². The van der Waals surface area contributed by atoms with Gasteiger partial charge in [0.2, 0.25) is 0 Å². The van der Waals surface area contributed by atoms with E-state index in [1.54, 1.807) is 27.1 Å². The van der Waals surface area contributed by atoms with Crippen LogP contribution >= 0.6 is 0 Å². The van der Waals surface area contributed by atoms with Crippen LogP contribution in [0.25, 0.3) is 10.9 Å². The highest BCUT2D eigenvalue weighted by Crippen LogP contribution is 2.27. The molecule has 100 valence electrons. The lowest BCUT2D eigenvalue weighted by molar-refractivity contribution is 0.0694. The largest absolute Gasteiger partial charge is 0.497 e. The van der Waals surface area contributed by atoms with Gasteiger partial charge in [-0.1, -0.05) is 0 Å². The van der Waals surface area contributed by atoms with E-state index in [-0.39, 0.29) is 5.56 Å². The maximum atomic E-state index is 12.1. The normalized spacial score (nSPS) is 10.7. The number of aryl methyl sites for hydroxylation is 3. The molecule has 5 nitrogen and oxygen atoms in total. The van der Waals surface area contributed by atoms with Crippen molar-refractivity contribution in [2.45, 2.75) is 13.8 Å². The van der Waals surface area contributed by atoms with Crippen molar-refractivity contribution in [1.29, 1.82) is 0 Å². The molecule has 1 heterocycles. The van der Waals surface area contributed by atoms with Crippen LogP contribution in [0, 0.1) is 13.8 Å². The first-order chi connectivity index (χ1) is 8.88. The summed E-state index contributed by atoms with van der Waals surface area (Å²) in [6, 6.07) is 3.57. The first kappa shape index (κ1) is 13.1. The number of benzene rings is 1. The highest BCUT2D eigenvalue weighted by molar-refractivity contribution is 5.97. The van der Waals surface area contributed by atoms with Gasteiger partial charge in [0, 0.05) is 12.4 Å². The zero-order valence-corrected chi connectivity index (χ0v) is 11.3. The molecule has 0 radical (unpaired) electrons. The molecule has 1 aromatic carbocycles. The second-order valence-electron chi connectivity index (χ2n) is 4.51. The number of methoxy groups -OCH3 is 1. The number of ether oxygens (including phenoxy) is 1. The lowest BCUT2D eigenvalue weighted by atomic mass is 10.0. The zero-order chi connectivity index (χ0) is 14.3. The van der Waals surface area contributed by atoms with Crippen molar-refractivity contribution >= 4 is 16.9 Å². The van der Waals surface area contributed by atoms with Gasteiger partial charge in [-0.2, -0.15) is 0 Å². The highest BCUT2D eigenvalue weighted by atomic mass is 16.5. The minimum Gasteiger partial charge on any atom is -0.497 e. The van der Waals surface area contributed by atoms with Gasteiger partial charge in [0.15, 0.2) is 0 Å². The lowest BCUT2D eigenvalue weighted by Gasteiger charge is -2.14. The van der Waals surface area contributed by atoms with Gasteiger partial charge in [0.05, 0.1) is 12.6 Å². The number of carbonyl (C=O) groups is 1. The molecule has 0 fully saturated rings. The van der Waals surface area contributed by atoms with E-state index in [0.717, 1.165) is 16.5 Å². The van der Waals surface area contributed by atoms with Crippen LogP contribution < -0.4 is 10.3 Å². The summed E-state index contributed by atoms with van der Waals surface area (Å²) < 4.78 is 6.57. The zero-order valence-electron chi connectivity index (χ0n) is 11.3. The molecule has 0 aliphatic heterocycles. The maximum absolute atomic E-state index is 12.1. The third-order valence-corrected chi connectivity index (χ3v) is 3.36. The molecule has 5 heteroatoms. The molecular weight excluding hydrogens is 246 g/mol. The van der Waals surface area contributed by atoms with Crippen LogP contribution in [0.5, 0.6) is 5.75 Å². The topological polar surface area (TPSA) is 68.5 Å². The summed E-state index contributed by atoms with van der Waals surface area (Å²) in [5, 5.41) is 9.90. The van der Waals surface area contributed by atoms with Crippen molar-refractivity contribution in [3.63, 3.8) is 0 Å². The van der Waals surface area contributed by atoms with E-state index in [1.807, 2.05) is 13.0 Å².